The molecule has 2 N–H and O–H groups in total. The number of hydrogen-bond donors (Lipinski definition) is 2. The first-order valence-electron chi connectivity index (χ1n) is 3.78. The summed E-state index contributed by atoms with van der Waals surface area (Å²) in [6, 6.07) is 0.970. The Morgan fingerprint density at radius 1 is 1.12 bits per heavy atom. The predicted octanol–water partition coefficient (Wildman–Crippen LogP) is 1.50. The molecular formula is C8H4F3NO4. The van der Waals surface area contributed by atoms with Crippen LogP contribution in [0.15, 0.2) is 12.1 Å². The lowest BCUT2D eigenvalue weighted by atomic mass is 10.1. The molecular weight excluding hydrogens is 231 g/mol. The van der Waals surface area contributed by atoms with Crippen molar-refractivity contribution in [3.63, 3.8) is 0 Å². The van der Waals surface area contributed by atoms with Crippen LogP contribution in [0.2, 0.25) is 0 Å². The third-order valence-electron chi connectivity index (χ3n) is 1.62. The Morgan fingerprint density at radius 3 is 2.06 bits per heavy atom. The van der Waals surface area contributed by atoms with Gasteiger partial charge >= 0.3 is 18.1 Å². The minimum absolute atomic E-state index is 0.413. The fraction of sp³-hybridized carbons (Fsp3) is 0.125. The Balaban J connectivity index is 3.40. The van der Waals surface area contributed by atoms with Crippen LogP contribution in [0.4, 0.5) is 13.2 Å². The standard InChI is InChI=1S/C8H4F3NO4/c9-8(10,11)4-2-1-3(6(13)14)5(12-4)7(15)16/h1-2H,(H,13,14)(H,15,16). The van der Waals surface area contributed by atoms with Crippen LogP contribution < -0.4 is 0 Å². The largest absolute Gasteiger partial charge is 0.478 e. The van der Waals surface area contributed by atoms with Gasteiger partial charge in [0.1, 0.15) is 5.69 Å². The SMILES string of the molecule is O=C(O)c1ccc(C(F)(F)F)nc1C(=O)O. The highest BCUT2D eigenvalue weighted by atomic mass is 19.4. The monoisotopic (exact) mass is 235 g/mol. The summed E-state index contributed by atoms with van der Waals surface area (Å²) in [6.45, 7) is 0. The number of carboxylic acids is 2. The summed E-state index contributed by atoms with van der Waals surface area (Å²) in [5.41, 5.74) is -3.38. The van der Waals surface area contributed by atoms with E-state index in [9.17, 15) is 22.8 Å². The molecule has 0 unspecified atom stereocenters. The number of carbonyl (C=O) groups is 2. The molecule has 1 heterocycles. The molecule has 86 valence electrons. The first kappa shape index (κ1) is 12.0. The van der Waals surface area contributed by atoms with E-state index in [1.807, 2.05) is 0 Å². The minimum atomic E-state index is -4.82. The molecule has 5 nitrogen and oxygen atoms in total. The Morgan fingerprint density at radius 2 is 1.69 bits per heavy atom. The van der Waals surface area contributed by atoms with Crippen molar-refractivity contribution in [2.75, 3.05) is 0 Å². The van der Waals surface area contributed by atoms with E-state index in [0.717, 1.165) is 0 Å². The smallest absolute Gasteiger partial charge is 0.433 e. The van der Waals surface area contributed by atoms with Gasteiger partial charge in [0, 0.05) is 0 Å². The van der Waals surface area contributed by atoms with E-state index in [0.29, 0.717) is 12.1 Å². The fourth-order valence-electron chi connectivity index (χ4n) is 0.953. The zero-order valence-corrected chi connectivity index (χ0v) is 7.45. The van der Waals surface area contributed by atoms with Crippen LogP contribution in [0, 0.1) is 0 Å². The second-order valence-corrected chi connectivity index (χ2v) is 2.70. The second-order valence-electron chi connectivity index (χ2n) is 2.70. The van der Waals surface area contributed by atoms with Crippen molar-refractivity contribution in [1.82, 2.24) is 4.98 Å². The van der Waals surface area contributed by atoms with E-state index >= 15 is 0 Å². The Bertz CT molecular complexity index is 455. The van der Waals surface area contributed by atoms with Crippen LogP contribution in [0.5, 0.6) is 0 Å². The second kappa shape index (κ2) is 3.80. The number of hydrogen-bond acceptors (Lipinski definition) is 3. The Labute approximate surface area is 86.2 Å². The van der Waals surface area contributed by atoms with Gasteiger partial charge in [0.25, 0.3) is 0 Å². The molecule has 0 saturated carbocycles. The lowest BCUT2D eigenvalue weighted by molar-refractivity contribution is -0.141. The lowest BCUT2D eigenvalue weighted by Gasteiger charge is -2.07. The fourth-order valence-corrected chi connectivity index (χ4v) is 0.953. The van der Waals surface area contributed by atoms with Crippen LogP contribution in [0.3, 0.4) is 0 Å². The number of aromatic carboxylic acids is 2. The predicted molar refractivity (Wildman–Crippen MR) is 43.2 cm³/mol. The summed E-state index contributed by atoms with van der Waals surface area (Å²) < 4.78 is 36.5. The van der Waals surface area contributed by atoms with Crippen molar-refractivity contribution >= 4 is 11.9 Å². The van der Waals surface area contributed by atoms with E-state index < -0.39 is 35.1 Å². The van der Waals surface area contributed by atoms with Crippen molar-refractivity contribution in [2.45, 2.75) is 6.18 Å². The zero-order valence-electron chi connectivity index (χ0n) is 7.45. The van der Waals surface area contributed by atoms with Gasteiger partial charge in [-0.3, -0.25) is 0 Å². The van der Waals surface area contributed by atoms with Gasteiger partial charge in [-0.15, -0.1) is 0 Å². The summed E-state index contributed by atoms with van der Waals surface area (Å²) >= 11 is 0. The number of pyridine rings is 1. The lowest BCUT2D eigenvalue weighted by Crippen LogP contribution is -2.16. The average Bonchev–Trinajstić information content (AvgIpc) is 2.15. The van der Waals surface area contributed by atoms with E-state index in [-0.39, 0.29) is 0 Å². The van der Waals surface area contributed by atoms with Gasteiger partial charge in [0.2, 0.25) is 0 Å². The van der Waals surface area contributed by atoms with Gasteiger partial charge in [-0.2, -0.15) is 13.2 Å². The molecule has 0 radical (unpaired) electrons. The van der Waals surface area contributed by atoms with Gasteiger partial charge in [-0.25, -0.2) is 14.6 Å². The van der Waals surface area contributed by atoms with Crippen molar-refractivity contribution in [3.05, 3.63) is 29.1 Å². The molecule has 0 saturated heterocycles. The maximum Gasteiger partial charge on any atom is 0.433 e. The molecule has 1 aromatic heterocycles. The number of nitrogens with zero attached hydrogens (tertiary/aromatic N) is 1. The molecule has 0 aliphatic carbocycles. The maximum atomic E-state index is 12.2. The van der Waals surface area contributed by atoms with E-state index in [2.05, 4.69) is 4.98 Å². The molecule has 1 rings (SSSR count). The number of halogens is 3. The highest BCUT2D eigenvalue weighted by Gasteiger charge is 2.34. The highest BCUT2D eigenvalue weighted by molar-refractivity contribution is 6.00. The van der Waals surface area contributed by atoms with E-state index in [1.54, 1.807) is 0 Å². The van der Waals surface area contributed by atoms with Gasteiger partial charge in [-0.05, 0) is 12.1 Å². The molecule has 0 aromatic carbocycles. The van der Waals surface area contributed by atoms with Crippen LogP contribution in [0.25, 0.3) is 0 Å². The molecule has 16 heavy (non-hydrogen) atoms. The average molecular weight is 235 g/mol. The maximum absolute atomic E-state index is 12.2. The van der Waals surface area contributed by atoms with E-state index in [4.69, 9.17) is 10.2 Å². The van der Waals surface area contributed by atoms with Crippen molar-refractivity contribution < 1.29 is 33.0 Å². The summed E-state index contributed by atoms with van der Waals surface area (Å²) in [5, 5.41) is 17.0. The first-order chi connectivity index (χ1) is 7.23. The van der Waals surface area contributed by atoms with Gasteiger partial charge in [-0.1, -0.05) is 0 Å². The van der Waals surface area contributed by atoms with Crippen LogP contribution in [-0.4, -0.2) is 27.1 Å². The van der Waals surface area contributed by atoms with Crippen LogP contribution >= 0.6 is 0 Å². The molecule has 0 atom stereocenters. The Hall–Kier alpha value is -2.12. The van der Waals surface area contributed by atoms with Crippen molar-refractivity contribution in [3.8, 4) is 0 Å². The van der Waals surface area contributed by atoms with Crippen LogP contribution in [0.1, 0.15) is 26.5 Å². The normalized spacial score (nSPS) is 11.2. The molecule has 0 bridgehead atoms. The van der Waals surface area contributed by atoms with Gasteiger partial charge < -0.3 is 10.2 Å². The third-order valence-corrected chi connectivity index (χ3v) is 1.62. The topological polar surface area (TPSA) is 87.5 Å². The van der Waals surface area contributed by atoms with Gasteiger partial charge in [0.05, 0.1) is 5.56 Å². The molecule has 0 aliphatic rings. The molecule has 0 fully saturated rings. The minimum Gasteiger partial charge on any atom is -0.478 e. The summed E-state index contributed by atoms with van der Waals surface area (Å²) in [4.78, 5) is 23.8. The summed E-state index contributed by atoms with van der Waals surface area (Å²) in [5.74, 6) is -3.48. The quantitative estimate of drug-likeness (QED) is 0.810. The number of carboxylic acid groups (broad SMARTS) is 2. The van der Waals surface area contributed by atoms with Crippen LogP contribution in [-0.2, 0) is 6.18 Å². The molecule has 0 spiro atoms. The first-order valence-corrected chi connectivity index (χ1v) is 3.78. The summed E-state index contributed by atoms with van der Waals surface area (Å²) in [7, 11) is 0. The zero-order chi connectivity index (χ0) is 12.5. The van der Waals surface area contributed by atoms with Crippen molar-refractivity contribution in [2.24, 2.45) is 0 Å². The number of alkyl halides is 3. The molecule has 8 heteroatoms. The highest BCUT2D eigenvalue weighted by Crippen LogP contribution is 2.28. The number of aromatic nitrogens is 1. The Kier molecular flexibility index (Phi) is 2.84. The van der Waals surface area contributed by atoms with Crippen molar-refractivity contribution in [1.29, 1.82) is 0 Å². The molecule has 0 amide bonds. The third kappa shape index (κ3) is 2.27. The number of rotatable bonds is 2. The van der Waals surface area contributed by atoms with Gasteiger partial charge in [0.15, 0.2) is 5.69 Å². The molecule has 0 aliphatic heterocycles. The summed E-state index contributed by atoms with van der Waals surface area (Å²) in [6.07, 6.45) is -4.82. The molecule has 1 aromatic rings. The van der Waals surface area contributed by atoms with E-state index in [1.165, 1.54) is 0 Å².